The number of furan rings is 1. The lowest BCUT2D eigenvalue weighted by Crippen LogP contribution is -2.27. The van der Waals surface area contributed by atoms with Gasteiger partial charge in [0.2, 0.25) is 11.7 Å². The summed E-state index contributed by atoms with van der Waals surface area (Å²) in [6, 6.07) is 6.93. The van der Waals surface area contributed by atoms with Gasteiger partial charge in [-0.3, -0.25) is 4.79 Å². The first kappa shape index (κ1) is 14.7. The molecule has 0 fully saturated rings. The molecule has 0 saturated carbocycles. The summed E-state index contributed by atoms with van der Waals surface area (Å²) in [4.78, 5) is 23.5. The van der Waals surface area contributed by atoms with Crippen molar-refractivity contribution in [1.29, 1.82) is 0 Å². The zero-order valence-electron chi connectivity index (χ0n) is 10.5. The Morgan fingerprint density at radius 2 is 2.20 bits per heavy atom. The molecule has 2 N–H and O–H groups in total. The van der Waals surface area contributed by atoms with E-state index in [1.54, 1.807) is 17.4 Å². The quantitative estimate of drug-likeness (QED) is 0.768. The minimum absolute atomic E-state index is 0.0974. The normalized spacial score (nSPS) is 10.4. The summed E-state index contributed by atoms with van der Waals surface area (Å²) in [5.41, 5.74) is 0. The minimum atomic E-state index is -1.11. The molecule has 5 nitrogen and oxygen atoms in total. The third kappa shape index (κ3) is 4.43. The van der Waals surface area contributed by atoms with E-state index < -0.39 is 5.97 Å². The van der Waals surface area contributed by atoms with Gasteiger partial charge in [-0.15, -0.1) is 11.3 Å². The van der Waals surface area contributed by atoms with Gasteiger partial charge in [-0.1, -0.05) is 17.8 Å². The van der Waals surface area contributed by atoms with Crippen LogP contribution in [0.4, 0.5) is 0 Å². The Bertz CT molecular complexity index is 577. The van der Waals surface area contributed by atoms with Gasteiger partial charge in [-0.05, 0) is 30.0 Å². The van der Waals surface area contributed by atoms with E-state index in [1.165, 1.54) is 22.7 Å². The van der Waals surface area contributed by atoms with Crippen molar-refractivity contribution in [2.75, 3.05) is 12.3 Å². The molecule has 0 saturated heterocycles. The molecule has 0 radical (unpaired) electrons. The lowest BCUT2D eigenvalue weighted by atomic mass is 10.3. The first-order valence-corrected chi connectivity index (χ1v) is 7.76. The van der Waals surface area contributed by atoms with Crippen LogP contribution in [0, 0.1) is 0 Å². The van der Waals surface area contributed by atoms with Crippen molar-refractivity contribution in [2.45, 2.75) is 11.5 Å². The number of amides is 1. The molecule has 2 aromatic rings. The second-order valence-corrected chi connectivity index (χ2v) is 5.90. The van der Waals surface area contributed by atoms with Gasteiger partial charge in [0.25, 0.3) is 0 Å². The number of carboxylic acid groups (broad SMARTS) is 1. The van der Waals surface area contributed by atoms with Gasteiger partial charge in [0.15, 0.2) is 5.09 Å². The fourth-order valence-electron chi connectivity index (χ4n) is 1.48. The lowest BCUT2D eigenvalue weighted by molar-refractivity contribution is -0.118. The zero-order chi connectivity index (χ0) is 14.4. The number of hydrogen-bond donors (Lipinski definition) is 2. The van der Waals surface area contributed by atoms with E-state index in [-0.39, 0.29) is 17.4 Å². The Kier molecular flexibility index (Phi) is 5.25. The Labute approximate surface area is 124 Å². The van der Waals surface area contributed by atoms with Crippen LogP contribution in [-0.4, -0.2) is 29.3 Å². The Morgan fingerprint density at radius 1 is 1.35 bits per heavy atom. The SMILES string of the molecule is O=C(CSc1ccc(C(=O)O)o1)NCCc1cccs1. The number of carbonyl (C=O) groups excluding carboxylic acids is 1. The van der Waals surface area contributed by atoms with E-state index in [0.29, 0.717) is 11.6 Å². The van der Waals surface area contributed by atoms with Crippen molar-refractivity contribution in [1.82, 2.24) is 5.32 Å². The van der Waals surface area contributed by atoms with Crippen LogP contribution in [0.25, 0.3) is 0 Å². The molecule has 106 valence electrons. The summed E-state index contributed by atoms with van der Waals surface area (Å²) in [6.45, 7) is 0.596. The van der Waals surface area contributed by atoms with E-state index >= 15 is 0 Å². The molecular formula is C13H13NO4S2. The molecule has 2 aromatic heterocycles. The summed E-state index contributed by atoms with van der Waals surface area (Å²) < 4.78 is 5.04. The van der Waals surface area contributed by atoms with Crippen LogP contribution in [-0.2, 0) is 11.2 Å². The molecule has 2 heterocycles. The molecule has 0 unspecified atom stereocenters. The third-order valence-electron chi connectivity index (χ3n) is 2.41. The Hall–Kier alpha value is -1.73. The molecule has 0 atom stereocenters. The average Bonchev–Trinajstić information content (AvgIpc) is 3.07. The van der Waals surface area contributed by atoms with E-state index in [4.69, 9.17) is 9.52 Å². The zero-order valence-corrected chi connectivity index (χ0v) is 12.1. The standard InChI is InChI=1S/C13H13NO4S2/c15-11(14-6-5-9-2-1-7-19-9)8-20-12-4-3-10(18-12)13(16)17/h1-4,7H,5-6,8H2,(H,14,15)(H,16,17). The van der Waals surface area contributed by atoms with Crippen molar-refractivity contribution < 1.29 is 19.1 Å². The monoisotopic (exact) mass is 311 g/mol. The fourth-order valence-corrected chi connectivity index (χ4v) is 2.88. The number of hydrogen-bond acceptors (Lipinski definition) is 5. The molecule has 0 aliphatic rings. The van der Waals surface area contributed by atoms with Crippen molar-refractivity contribution in [3.05, 3.63) is 40.3 Å². The largest absolute Gasteiger partial charge is 0.475 e. The van der Waals surface area contributed by atoms with Crippen LogP contribution in [0.15, 0.2) is 39.2 Å². The third-order valence-corrected chi connectivity index (χ3v) is 4.26. The predicted octanol–water partition coefficient (Wildman–Crippen LogP) is 2.49. The molecule has 1 amide bonds. The van der Waals surface area contributed by atoms with Crippen LogP contribution >= 0.6 is 23.1 Å². The highest BCUT2D eigenvalue weighted by atomic mass is 32.2. The highest BCUT2D eigenvalue weighted by Crippen LogP contribution is 2.20. The van der Waals surface area contributed by atoms with Gasteiger partial charge in [0.05, 0.1) is 5.75 Å². The van der Waals surface area contributed by atoms with Gasteiger partial charge < -0.3 is 14.8 Å². The summed E-state index contributed by atoms with van der Waals surface area (Å²) in [5, 5.41) is 13.9. The second-order valence-electron chi connectivity index (χ2n) is 3.89. The van der Waals surface area contributed by atoms with Crippen LogP contribution in [0.5, 0.6) is 0 Å². The molecule has 2 rings (SSSR count). The van der Waals surface area contributed by atoms with Gasteiger partial charge in [-0.2, -0.15) is 0 Å². The first-order valence-electron chi connectivity index (χ1n) is 5.90. The van der Waals surface area contributed by atoms with E-state index in [1.807, 2.05) is 17.5 Å². The molecule has 0 aliphatic heterocycles. The number of thioether (sulfide) groups is 1. The average molecular weight is 311 g/mol. The van der Waals surface area contributed by atoms with Crippen LogP contribution < -0.4 is 5.32 Å². The van der Waals surface area contributed by atoms with E-state index in [0.717, 1.165) is 6.42 Å². The molecule has 7 heteroatoms. The lowest BCUT2D eigenvalue weighted by Gasteiger charge is -2.02. The van der Waals surface area contributed by atoms with Crippen molar-refractivity contribution >= 4 is 35.0 Å². The maximum Gasteiger partial charge on any atom is 0.371 e. The molecular weight excluding hydrogens is 298 g/mol. The molecule has 0 bridgehead atoms. The Balaban J connectivity index is 1.67. The highest BCUT2D eigenvalue weighted by Gasteiger charge is 2.10. The summed E-state index contributed by atoms with van der Waals surface area (Å²) >= 11 is 2.84. The minimum Gasteiger partial charge on any atom is -0.475 e. The van der Waals surface area contributed by atoms with Crippen LogP contribution in [0.3, 0.4) is 0 Å². The highest BCUT2D eigenvalue weighted by molar-refractivity contribution is 7.99. The fraction of sp³-hybridized carbons (Fsp3) is 0.231. The maximum absolute atomic E-state index is 11.6. The van der Waals surface area contributed by atoms with Gasteiger partial charge in [-0.25, -0.2) is 4.79 Å². The van der Waals surface area contributed by atoms with Crippen LogP contribution in [0.1, 0.15) is 15.4 Å². The van der Waals surface area contributed by atoms with Gasteiger partial charge in [0, 0.05) is 11.4 Å². The molecule has 0 aromatic carbocycles. The topological polar surface area (TPSA) is 79.5 Å². The van der Waals surface area contributed by atoms with Crippen LogP contribution in [0.2, 0.25) is 0 Å². The van der Waals surface area contributed by atoms with Gasteiger partial charge >= 0.3 is 5.97 Å². The number of thiophene rings is 1. The number of aromatic carboxylic acids is 1. The number of carbonyl (C=O) groups is 2. The number of carboxylic acids is 1. The number of rotatable bonds is 7. The molecule has 20 heavy (non-hydrogen) atoms. The van der Waals surface area contributed by atoms with Crippen molar-refractivity contribution in [2.24, 2.45) is 0 Å². The van der Waals surface area contributed by atoms with Gasteiger partial charge in [0.1, 0.15) is 0 Å². The summed E-state index contributed by atoms with van der Waals surface area (Å²) in [6.07, 6.45) is 0.817. The summed E-state index contributed by atoms with van der Waals surface area (Å²) in [7, 11) is 0. The first-order chi connectivity index (χ1) is 9.65. The van der Waals surface area contributed by atoms with E-state index in [2.05, 4.69) is 5.32 Å². The Morgan fingerprint density at radius 3 is 2.85 bits per heavy atom. The predicted molar refractivity (Wildman–Crippen MR) is 77.4 cm³/mol. The van der Waals surface area contributed by atoms with E-state index in [9.17, 15) is 9.59 Å². The molecule has 0 spiro atoms. The smallest absolute Gasteiger partial charge is 0.371 e. The second kappa shape index (κ2) is 7.16. The number of nitrogens with one attached hydrogen (secondary N) is 1. The van der Waals surface area contributed by atoms with Crippen molar-refractivity contribution in [3.63, 3.8) is 0 Å². The molecule has 0 aliphatic carbocycles. The maximum atomic E-state index is 11.6. The van der Waals surface area contributed by atoms with Crippen molar-refractivity contribution in [3.8, 4) is 0 Å². The summed E-state index contributed by atoms with van der Waals surface area (Å²) in [5.74, 6) is -1.13.